The predicted molar refractivity (Wildman–Crippen MR) is 144 cm³/mol. The van der Waals surface area contributed by atoms with E-state index < -0.39 is 0 Å². The molecular formula is C29H38N4O3. The quantitative estimate of drug-likeness (QED) is 0.384. The third kappa shape index (κ3) is 5.62. The average Bonchev–Trinajstić information content (AvgIpc) is 3.28. The molecule has 0 saturated heterocycles. The van der Waals surface area contributed by atoms with Crippen molar-refractivity contribution in [2.45, 2.75) is 66.5 Å². The van der Waals surface area contributed by atoms with Crippen LogP contribution < -0.4 is 10.2 Å². The van der Waals surface area contributed by atoms with Gasteiger partial charge in [0.25, 0.3) is 0 Å². The van der Waals surface area contributed by atoms with Gasteiger partial charge in [0.05, 0.1) is 5.71 Å². The first-order valence-corrected chi connectivity index (χ1v) is 13.1. The van der Waals surface area contributed by atoms with Crippen molar-refractivity contribution in [3.63, 3.8) is 0 Å². The fourth-order valence-corrected chi connectivity index (χ4v) is 5.02. The molecule has 0 bridgehead atoms. The highest BCUT2D eigenvalue weighted by atomic mass is 16.5. The minimum absolute atomic E-state index is 0.000672. The van der Waals surface area contributed by atoms with Crippen LogP contribution in [0.3, 0.4) is 0 Å². The molecule has 2 aromatic carbocycles. The van der Waals surface area contributed by atoms with Gasteiger partial charge in [-0.3, -0.25) is 9.69 Å². The van der Waals surface area contributed by atoms with E-state index >= 15 is 0 Å². The SMILES string of the molecule is CCC[C@H]1C(=O)NN=C(c2ccc3nc(-c4ccc(OCCN(C(C)C)C(C)C)cc4)oc3c2)[C@@H]1C. The lowest BCUT2D eigenvalue weighted by molar-refractivity contribution is -0.126. The number of benzene rings is 2. The normalized spacial score (nSPS) is 18.2. The van der Waals surface area contributed by atoms with Gasteiger partial charge >= 0.3 is 0 Å². The highest BCUT2D eigenvalue weighted by molar-refractivity contribution is 6.07. The predicted octanol–water partition coefficient (Wildman–Crippen LogP) is 5.88. The molecule has 0 saturated carbocycles. The monoisotopic (exact) mass is 490 g/mol. The number of oxazole rings is 1. The molecule has 1 aliphatic rings. The summed E-state index contributed by atoms with van der Waals surface area (Å²) in [6.45, 7) is 14.5. The molecule has 1 aliphatic heterocycles. The van der Waals surface area contributed by atoms with Crippen LogP contribution in [0.5, 0.6) is 5.75 Å². The summed E-state index contributed by atoms with van der Waals surface area (Å²) in [5.41, 5.74) is 6.90. The summed E-state index contributed by atoms with van der Waals surface area (Å²) in [5, 5.41) is 4.37. The zero-order valence-corrected chi connectivity index (χ0v) is 22.2. The lowest BCUT2D eigenvalue weighted by Gasteiger charge is -2.30. The molecule has 36 heavy (non-hydrogen) atoms. The molecule has 1 aromatic heterocycles. The second-order valence-electron chi connectivity index (χ2n) is 10.2. The summed E-state index contributed by atoms with van der Waals surface area (Å²) in [6, 6.07) is 14.8. The molecule has 3 aromatic rings. The van der Waals surface area contributed by atoms with E-state index in [9.17, 15) is 4.79 Å². The largest absolute Gasteiger partial charge is 0.492 e. The molecule has 7 nitrogen and oxygen atoms in total. The van der Waals surface area contributed by atoms with Gasteiger partial charge in [0.1, 0.15) is 17.9 Å². The van der Waals surface area contributed by atoms with Gasteiger partial charge in [-0.1, -0.05) is 26.3 Å². The van der Waals surface area contributed by atoms with Crippen molar-refractivity contribution < 1.29 is 13.9 Å². The smallest absolute Gasteiger partial charge is 0.243 e. The Morgan fingerprint density at radius 2 is 1.75 bits per heavy atom. The van der Waals surface area contributed by atoms with E-state index in [1.807, 2.05) is 42.5 Å². The van der Waals surface area contributed by atoms with Gasteiger partial charge in [0.2, 0.25) is 11.8 Å². The van der Waals surface area contributed by atoms with Crippen LogP contribution in [0.4, 0.5) is 0 Å². The van der Waals surface area contributed by atoms with Crippen molar-refractivity contribution in [2.75, 3.05) is 13.2 Å². The Kier molecular flexibility index (Phi) is 8.09. The Hall–Kier alpha value is -3.19. The van der Waals surface area contributed by atoms with E-state index in [0.717, 1.165) is 47.5 Å². The van der Waals surface area contributed by atoms with E-state index in [-0.39, 0.29) is 17.7 Å². The van der Waals surface area contributed by atoms with Crippen molar-refractivity contribution in [1.29, 1.82) is 0 Å². The number of carbonyl (C=O) groups is 1. The number of ether oxygens (including phenoxy) is 1. The molecular weight excluding hydrogens is 452 g/mol. The van der Waals surface area contributed by atoms with E-state index in [1.165, 1.54) is 0 Å². The van der Waals surface area contributed by atoms with Crippen molar-refractivity contribution in [3.8, 4) is 17.2 Å². The van der Waals surface area contributed by atoms with Crippen LogP contribution in [0.25, 0.3) is 22.6 Å². The molecule has 0 unspecified atom stereocenters. The minimum atomic E-state index is -0.0666. The Bertz CT molecular complexity index is 1200. The number of hydrogen-bond acceptors (Lipinski definition) is 6. The Labute approximate surface area is 213 Å². The third-order valence-corrected chi connectivity index (χ3v) is 6.99. The van der Waals surface area contributed by atoms with E-state index in [4.69, 9.17) is 9.15 Å². The second-order valence-corrected chi connectivity index (χ2v) is 10.2. The highest BCUT2D eigenvalue weighted by Gasteiger charge is 2.32. The minimum Gasteiger partial charge on any atom is -0.492 e. The van der Waals surface area contributed by atoms with Crippen molar-refractivity contribution >= 4 is 22.7 Å². The zero-order chi connectivity index (χ0) is 25.8. The molecule has 0 fully saturated rings. The molecule has 0 spiro atoms. The van der Waals surface area contributed by atoms with Crippen LogP contribution in [0.1, 0.15) is 59.9 Å². The van der Waals surface area contributed by atoms with E-state index in [0.29, 0.717) is 30.2 Å². The molecule has 2 heterocycles. The van der Waals surface area contributed by atoms with E-state index in [1.54, 1.807) is 0 Å². The maximum Gasteiger partial charge on any atom is 0.243 e. The third-order valence-electron chi connectivity index (χ3n) is 6.99. The average molecular weight is 491 g/mol. The van der Waals surface area contributed by atoms with E-state index in [2.05, 4.69) is 62.0 Å². The maximum atomic E-state index is 12.3. The van der Waals surface area contributed by atoms with Crippen LogP contribution in [0.15, 0.2) is 52.0 Å². The Balaban J connectivity index is 1.46. The molecule has 7 heteroatoms. The van der Waals surface area contributed by atoms with Gasteiger partial charge in [-0.25, -0.2) is 10.4 Å². The first kappa shape index (κ1) is 25.9. The zero-order valence-electron chi connectivity index (χ0n) is 22.2. The molecule has 0 aliphatic carbocycles. The van der Waals surface area contributed by atoms with Gasteiger partial charge in [-0.15, -0.1) is 0 Å². The molecule has 2 atom stereocenters. The summed E-state index contributed by atoms with van der Waals surface area (Å²) in [7, 11) is 0. The number of hydrazone groups is 1. The standard InChI is InChI=1S/C29H38N4O3/c1-7-8-24-20(6)27(31-32-28(24)34)22-11-14-25-26(17-22)36-29(30-25)21-9-12-23(13-10-21)35-16-15-33(18(2)3)19(4)5/h9-14,17-20,24H,7-8,15-16H2,1-6H3,(H,32,34)/t20-,24-/m1/s1. The summed E-state index contributed by atoms with van der Waals surface area (Å²) >= 11 is 0. The van der Waals surface area contributed by atoms with Crippen LogP contribution >= 0.6 is 0 Å². The summed E-state index contributed by atoms with van der Waals surface area (Å²) < 4.78 is 12.1. The number of hydrogen-bond donors (Lipinski definition) is 1. The van der Waals surface area contributed by atoms with Gasteiger partial charge in [-0.05, 0) is 70.5 Å². The Morgan fingerprint density at radius 1 is 1.06 bits per heavy atom. The number of nitrogens with one attached hydrogen (secondary N) is 1. The number of rotatable bonds is 10. The van der Waals surface area contributed by atoms with Gasteiger partial charge < -0.3 is 9.15 Å². The lowest BCUT2D eigenvalue weighted by Crippen LogP contribution is -2.40. The number of carbonyl (C=O) groups excluding carboxylic acids is 1. The first-order valence-electron chi connectivity index (χ1n) is 13.1. The topological polar surface area (TPSA) is 80.0 Å². The second kappa shape index (κ2) is 11.2. The molecule has 1 amide bonds. The molecule has 0 radical (unpaired) electrons. The van der Waals surface area contributed by atoms with Crippen LogP contribution in [0.2, 0.25) is 0 Å². The van der Waals surface area contributed by atoms with Crippen molar-refractivity contribution in [2.24, 2.45) is 16.9 Å². The highest BCUT2D eigenvalue weighted by Crippen LogP contribution is 2.30. The summed E-state index contributed by atoms with van der Waals surface area (Å²) in [6.07, 6.45) is 1.80. The first-order chi connectivity index (χ1) is 17.3. The van der Waals surface area contributed by atoms with Crippen LogP contribution in [-0.4, -0.2) is 46.7 Å². The summed E-state index contributed by atoms with van der Waals surface area (Å²) in [5.74, 6) is 1.37. The fourth-order valence-electron chi connectivity index (χ4n) is 5.02. The van der Waals surface area contributed by atoms with Crippen molar-refractivity contribution in [1.82, 2.24) is 15.3 Å². The number of fused-ring (bicyclic) bond motifs is 1. The maximum absolute atomic E-state index is 12.3. The fraction of sp³-hybridized carbons (Fsp3) is 0.483. The lowest BCUT2D eigenvalue weighted by atomic mass is 9.82. The molecule has 1 N–H and O–H groups in total. The van der Waals surface area contributed by atoms with Crippen LogP contribution in [0, 0.1) is 11.8 Å². The van der Waals surface area contributed by atoms with Gasteiger partial charge in [0.15, 0.2) is 5.58 Å². The van der Waals surface area contributed by atoms with Gasteiger partial charge in [0, 0.05) is 41.6 Å². The summed E-state index contributed by atoms with van der Waals surface area (Å²) in [4.78, 5) is 19.3. The molecule has 192 valence electrons. The number of nitrogens with zero attached hydrogens (tertiary/aromatic N) is 3. The number of amides is 1. The van der Waals surface area contributed by atoms with Crippen LogP contribution in [-0.2, 0) is 4.79 Å². The molecule has 4 rings (SSSR count). The van der Waals surface area contributed by atoms with Gasteiger partial charge in [-0.2, -0.15) is 5.10 Å². The number of aromatic nitrogens is 1. The van der Waals surface area contributed by atoms with Crippen molar-refractivity contribution in [3.05, 3.63) is 48.0 Å². The Morgan fingerprint density at radius 3 is 2.42 bits per heavy atom.